The van der Waals surface area contributed by atoms with Crippen molar-refractivity contribution >= 4 is 17.9 Å². The van der Waals surface area contributed by atoms with Crippen LogP contribution in [0, 0.1) is 0 Å². The van der Waals surface area contributed by atoms with E-state index in [9.17, 15) is 14.4 Å². The maximum absolute atomic E-state index is 12.8. The number of allylic oxidation sites excluding steroid dienone is 20. The van der Waals surface area contributed by atoms with Gasteiger partial charge in [0.2, 0.25) is 0 Å². The molecule has 0 fully saturated rings. The van der Waals surface area contributed by atoms with E-state index in [4.69, 9.17) is 14.2 Å². The molecule has 0 radical (unpaired) electrons. The number of hydrogen-bond acceptors (Lipinski definition) is 6. The average Bonchev–Trinajstić information content (AvgIpc) is 3.38. The lowest BCUT2D eigenvalue weighted by Crippen LogP contribution is -2.30. The van der Waals surface area contributed by atoms with Crippen LogP contribution in [0.25, 0.3) is 0 Å². The molecule has 0 aromatic carbocycles. The summed E-state index contributed by atoms with van der Waals surface area (Å²) in [5.41, 5.74) is 0. The number of carbonyl (C=O) groups is 3. The number of rotatable bonds is 52. The Morgan fingerprint density at radius 1 is 0.292 bits per heavy atom. The van der Waals surface area contributed by atoms with Gasteiger partial charge in [0, 0.05) is 19.3 Å². The Hall–Kier alpha value is -4.19. The van der Waals surface area contributed by atoms with Gasteiger partial charge in [-0.25, -0.2) is 0 Å². The maximum Gasteiger partial charge on any atom is 0.306 e. The number of unbranched alkanes of at least 4 members (excludes halogenated alkanes) is 21. The van der Waals surface area contributed by atoms with Gasteiger partial charge in [0.25, 0.3) is 0 Å². The molecule has 0 aliphatic rings. The molecule has 0 spiro atoms. The number of esters is 3. The van der Waals surface area contributed by atoms with Crippen molar-refractivity contribution in [3.63, 3.8) is 0 Å². The molecule has 0 heterocycles. The molecule has 0 amide bonds. The topological polar surface area (TPSA) is 78.9 Å². The molecule has 72 heavy (non-hydrogen) atoms. The van der Waals surface area contributed by atoms with Crippen LogP contribution < -0.4 is 0 Å². The van der Waals surface area contributed by atoms with Gasteiger partial charge in [0.15, 0.2) is 6.10 Å². The third-order valence-electron chi connectivity index (χ3n) is 12.2. The zero-order chi connectivity index (χ0) is 52.2. The van der Waals surface area contributed by atoms with E-state index in [-0.39, 0.29) is 31.1 Å². The van der Waals surface area contributed by atoms with Crippen LogP contribution >= 0.6 is 0 Å². The average molecular weight is 998 g/mol. The maximum atomic E-state index is 12.8. The summed E-state index contributed by atoms with van der Waals surface area (Å²) in [5, 5.41) is 0. The summed E-state index contributed by atoms with van der Waals surface area (Å²) in [6.07, 6.45) is 82.2. The normalized spacial score (nSPS) is 13.0. The Bertz CT molecular complexity index is 1520. The molecule has 0 aromatic rings. The van der Waals surface area contributed by atoms with Crippen LogP contribution in [-0.2, 0) is 28.6 Å². The molecular weight excluding hydrogens is 889 g/mol. The van der Waals surface area contributed by atoms with Gasteiger partial charge in [-0.15, -0.1) is 0 Å². The van der Waals surface area contributed by atoms with Crippen LogP contribution in [0.3, 0.4) is 0 Å². The minimum atomic E-state index is -0.792. The Morgan fingerprint density at radius 2 is 0.542 bits per heavy atom. The zero-order valence-electron chi connectivity index (χ0n) is 46.7. The fourth-order valence-electron chi connectivity index (χ4n) is 7.85. The van der Waals surface area contributed by atoms with Crippen LogP contribution in [0.4, 0.5) is 0 Å². The number of hydrogen-bond donors (Lipinski definition) is 0. The highest BCUT2D eigenvalue weighted by molar-refractivity contribution is 5.71. The first-order valence-electron chi connectivity index (χ1n) is 29.5. The fourth-order valence-corrected chi connectivity index (χ4v) is 7.85. The Labute approximate surface area is 443 Å². The Morgan fingerprint density at radius 3 is 0.847 bits per heavy atom. The van der Waals surface area contributed by atoms with E-state index in [0.717, 1.165) is 135 Å². The van der Waals surface area contributed by atoms with Crippen molar-refractivity contribution in [1.29, 1.82) is 0 Å². The van der Waals surface area contributed by atoms with Crippen molar-refractivity contribution < 1.29 is 28.6 Å². The molecule has 0 saturated carbocycles. The van der Waals surface area contributed by atoms with Crippen molar-refractivity contribution in [3.05, 3.63) is 122 Å². The molecule has 408 valence electrons. The summed E-state index contributed by atoms with van der Waals surface area (Å²) >= 11 is 0. The summed E-state index contributed by atoms with van der Waals surface area (Å²) in [5.74, 6) is -0.928. The van der Waals surface area contributed by atoms with Gasteiger partial charge in [-0.05, 0) is 109 Å². The van der Waals surface area contributed by atoms with E-state index in [0.29, 0.717) is 19.3 Å². The summed E-state index contributed by atoms with van der Waals surface area (Å²) in [6, 6.07) is 0. The van der Waals surface area contributed by atoms with Gasteiger partial charge < -0.3 is 14.2 Å². The van der Waals surface area contributed by atoms with Crippen molar-refractivity contribution in [2.45, 2.75) is 264 Å². The van der Waals surface area contributed by atoms with E-state index in [1.54, 1.807) is 0 Å². The van der Waals surface area contributed by atoms with E-state index >= 15 is 0 Å². The van der Waals surface area contributed by atoms with Crippen LogP contribution in [0.1, 0.15) is 258 Å². The number of ether oxygens (including phenoxy) is 3. The highest BCUT2D eigenvalue weighted by Gasteiger charge is 2.19. The third-order valence-corrected chi connectivity index (χ3v) is 12.2. The predicted octanol–water partition coefficient (Wildman–Crippen LogP) is 20.0. The lowest BCUT2D eigenvalue weighted by molar-refractivity contribution is -0.167. The minimum absolute atomic E-state index is 0.0909. The van der Waals surface area contributed by atoms with E-state index in [2.05, 4.69) is 142 Å². The van der Waals surface area contributed by atoms with Gasteiger partial charge >= 0.3 is 17.9 Å². The number of carbonyl (C=O) groups excluding carboxylic acids is 3. The van der Waals surface area contributed by atoms with Crippen LogP contribution in [0.15, 0.2) is 122 Å². The van der Waals surface area contributed by atoms with Crippen LogP contribution in [0.2, 0.25) is 0 Å². The summed E-state index contributed by atoms with van der Waals surface area (Å²) in [6.45, 7) is 6.33. The lowest BCUT2D eigenvalue weighted by Gasteiger charge is -2.18. The molecule has 0 saturated heterocycles. The fraction of sp³-hybridized carbons (Fsp3) is 0.652. The molecule has 6 heteroatoms. The molecule has 1 atom stereocenters. The molecule has 0 N–H and O–H groups in total. The molecule has 0 rings (SSSR count). The van der Waals surface area contributed by atoms with Crippen LogP contribution in [0.5, 0.6) is 0 Å². The SMILES string of the molecule is CC/C=C\C/C=C\C/C=C\C/C=C\C/C=C\C/C=C\CCCCCCC(=O)OC(COC(=O)CCCCCCCC)COC(=O)CCCCCCCCCCCCCC/C=C\C/C=C\C/C=C\C/C=C\CC. The highest BCUT2D eigenvalue weighted by Crippen LogP contribution is 2.15. The molecular formula is C66H108O6. The van der Waals surface area contributed by atoms with Gasteiger partial charge in [0.05, 0.1) is 0 Å². The van der Waals surface area contributed by atoms with Crippen molar-refractivity contribution in [1.82, 2.24) is 0 Å². The first kappa shape index (κ1) is 67.8. The van der Waals surface area contributed by atoms with E-state index in [1.165, 1.54) is 83.5 Å². The second kappa shape index (κ2) is 59.4. The van der Waals surface area contributed by atoms with Gasteiger partial charge in [-0.2, -0.15) is 0 Å². The zero-order valence-corrected chi connectivity index (χ0v) is 46.7. The largest absolute Gasteiger partial charge is 0.462 e. The Kier molecular flexibility index (Phi) is 55.9. The predicted molar refractivity (Wildman–Crippen MR) is 311 cm³/mol. The first-order valence-corrected chi connectivity index (χ1v) is 29.5. The second-order valence-electron chi connectivity index (χ2n) is 19.1. The molecule has 0 aromatic heterocycles. The molecule has 0 aliphatic carbocycles. The molecule has 1 unspecified atom stereocenters. The van der Waals surface area contributed by atoms with E-state index in [1.807, 2.05) is 0 Å². The van der Waals surface area contributed by atoms with Gasteiger partial charge in [-0.3, -0.25) is 14.4 Å². The van der Waals surface area contributed by atoms with Crippen molar-refractivity contribution in [3.8, 4) is 0 Å². The summed E-state index contributed by atoms with van der Waals surface area (Å²) in [4.78, 5) is 37.9. The highest BCUT2D eigenvalue weighted by atomic mass is 16.6. The molecule has 6 nitrogen and oxygen atoms in total. The monoisotopic (exact) mass is 997 g/mol. The van der Waals surface area contributed by atoms with Crippen LogP contribution in [-0.4, -0.2) is 37.2 Å². The third kappa shape index (κ3) is 56.7. The molecule has 0 bridgehead atoms. The Balaban J connectivity index is 4.20. The second-order valence-corrected chi connectivity index (χ2v) is 19.1. The standard InChI is InChI=1S/C66H108O6/c1-4-7-10-13-16-18-20-22-24-26-28-30-32-33-35-36-38-40-42-44-46-48-50-53-56-59-65(68)71-62-63(61-70-64(67)58-55-52-15-12-9-6-3)72-66(69)60-57-54-51-49-47-45-43-41-39-37-34-31-29-27-25-23-21-19-17-14-11-8-5-2/h7-8,10-11,16-19,22-25,28-31,37,39,43,45,63H,4-6,9,12-15,20-21,26-27,32-36,38,40-42,44,46-62H2,1-3H3/b10-7-,11-8-,18-16-,19-17-,24-22-,25-23-,30-28-,31-29-,39-37-,45-43-. The summed E-state index contributed by atoms with van der Waals surface area (Å²) in [7, 11) is 0. The quantitative estimate of drug-likeness (QED) is 0.0261. The lowest BCUT2D eigenvalue weighted by atomic mass is 10.0. The van der Waals surface area contributed by atoms with Crippen molar-refractivity contribution in [2.75, 3.05) is 13.2 Å². The van der Waals surface area contributed by atoms with Crippen molar-refractivity contribution in [2.24, 2.45) is 0 Å². The minimum Gasteiger partial charge on any atom is -0.462 e. The van der Waals surface area contributed by atoms with Gasteiger partial charge in [0.1, 0.15) is 13.2 Å². The van der Waals surface area contributed by atoms with E-state index < -0.39 is 6.10 Å². The van der Waals surface area contributed by atoms with Gasteiger partial charge in [-0.1, -0.05) is 251 Å². The molecule has 0 aliphatic heterocycles. The first-order chi connectivity index (χ1) is 35.5. The summed E-state index contributed by atoms with van der Waals surface area (Å²) < 4.78 is 16.8. The smallest absolute Gasteiger partial charge is 0.306 e.